The lowest BCUT2D eigenvalue weighted by atomic mass is 9.90. The minimum absolute atomic E-state index is 0.0756. The molecule has 3 rings (SSSR count). The standard InChI is InChI=1S/C18H19FN2O/c19-17-3-1-2-15(13-17)12-14-6-10-21(11-7-14)18(22)16-4-8-20-9-5-16/h1-5,8-9,13-14H,6-7,10-12H2. The van der Waals surface area contributed by atoms with Crippen molar-refractivity contribution in [1.29, 1.82) is 0 Å². The molecule has 0 atom stereocenters. The number of halogens is 1. The Balaban J connectivity index is 1.55. The van der Waals surface area contributed by atoms with Crippen LogP contribution < -0.4 is 0 Å². The maximum atomic E-state index is 13.2. The van der Waals surface area contributed by atoms with E-state index >= 15 is 0 Å². The Hall–Kier alpha value is -2.23. The van der Waals surface area contributed by atoms with Crippen LogP contribution in [0.25, 0.3) is 0 Å². The summed E-state index contributed by atoms with van der Waals surface area (Å²) < 4.78 is 13.2. The van der Waals surface area contributed by atoms with Gasteiger partial charge in [-0.25, -0.2) is 4.39 Å². The topological polar surface area (TPSA) is 33.2 Å². The van der Waals surface area contributed by atoms with E-state index in [1.54, 1.807) is 36.7 Å². The van der Waals surface area contributed by atoms with Crippen LogP contribution in [0.1, 0.15) is 28.8 Å². The Kier molecular flexibility index (Phi) is 4.47. The third-order valence-electron chi connectivity index (χ3n) is 4.24. The minimum Gasteiger partial charge on any atom is -0.339 e. The van der Waals surface area contributed by atoms with Gasteiger partial charge in [0.05, 0.1) is 0 Å². The molecule has 1 saturated heterocycles. The number of rotatable bonds is 3. The first-order chi connectivity index (χ1) is 10.7. The first-order valence-corrected chi connectivity index (χ1v) is 7.66. The highest BCUT2D eigenvalue weighted by Gasteiger charge is 2.23. The van der Waals surface area contributed by atoms with E-state index < -0.39 is 0 Å². The van der Waals surface area contributed by atoms with Crippen molar-refractivity contribution in [3.8, 4) is 0 Å². The molecule has 0 radical (unpaired) electrons. The van der Waals surface area contributed by atoms with Crippen molar-refractivity contribution in [2.24, 2.45) is 5.92 Å². The predicted molar refractivity (Wildman–Crippen MR) is 83.0 cm³/mol. The Morgan fingerprint density at radius 2 is 1.91 bits per heavy atom. The minimum atomic E-state index is -0.178. The van der Waals surface area contributed by atoms with Crippen molar-refractivity contribution in [1.82, 2.24) is 9.88 Å². The molecule has 0 aliphatic carbocycles. The Bertz CT molecular complexity index is 637. The molecule has 1 aromatic carbocycles. The first-order valence-electron chi connectivity index (χ1n) is 7.66. The first kappa shape index (κ1) is 14.7. The van der Waals surface area contributed by atoms with Gasteiger partial charge in [0.25, 0.3) is 5.91 Å². The molecular formula is C18H19FN2O. The molecule has 0 saturated carbocycles. The lowest BCUT2D eigenvalue weighted by Gasteiger charge is -2.32. The van der Waals surface area contributed by atoms with E-state index in [9.17, 15) is 9.18 Å². The number of piperidine rings is 1. The van der Waals surface area contributed by atoms with Gasteiger partial charge in [-0.15, -0.1) is 0 Å². The van der Waals surface area contributed by atoms with E-state index in [0.717, 1.165) is 37.9 Å². The third kappa shape index (κ3) is 3.50. The number of hydrogen-bond donors (Lipinski definition) is 0. The summed E-state index contributed by atoms with van der Waals surface area (Å²) in [7, 11) is 0. The van der Waals surface area contributed by atoms with Gasteiger partial charge in [-0.2, -0.15) is 0 Å². The van der Waals surface area contributed by atoms with E-state index in [2.05, 4.69) is 4.98 Å². The van der Waals surface area contributed by atoms with E-state index in [1.165, 1.54) is 6.07 Å². The van der Waals surface area contributed by atoms with Crippen LogP contribution in [0, 0.1) is 11.7 Å². The zero-order chi connectivity index (χ0) is 15.4. The second-order valence-corrected chi connectivity index (χ2v) is 5.81. The summed E-state index contributed by atoms with van der Waals surface area (Å²) in [4.78, 5) is 18.2. The number of benzene rings is 1. The monoisotopic (exact) mass is 298 g/mol. The van der Waals surface area contributed by atoms with Gasteiger partial charge < -0.3 is 4.90 Å². The van der Waals surface area contributed by atoms with Crippen molar-refractivity contribution < 1.29 is 9.18 Å². The summed E-state index contributed by atoms with van der Waals surface area (Å²) in [5, 5.41) is 0. The normalized spacial score (nSPS) is 15.8. The molecule has 0 unspecified atom stereocenters. The summed E-state index contributed by atoms with van der Waals surface area (Å²) >= 11 is 0. The molecule has 0 bridgehead atoms. The Labute approximate surface area is 129 Å². The zero-order valence-electron chi connectivity index (χ0n) is 12.4. The van der Waals surface area contributed by atoms with Crippen LogP contribution in [-0.2, 0) is 6.42 Å². The average molecular weight is 298 g/mol. The zero-order valence-corrected chi connectivity index (χ0v) is 12.4. The van der Waals surface area contributed by atoms with Gasteiger partial charge in [0.1, 0.15) is 5.82 Å². The highest BCUT2D eigenvalue weighted by Crippen LogP contribution is 2.23. The Morgan fingerprint density at radius 3 is 2.59 bits per heavy atom. The van der Waals surface area contributed by atoms with Gasteiger partial charge in [-0.3, -0.25) is 9.78 Å². The second kappa shape index (κ2) is 6.69. The summed E-state index contributed by atoms with van der Waals surface area (Å²) in [6, 6.07) is 10.3. The molecule has 114 valence electrons. The van der Waals surface area contributed by atoms with Gasteiger partial charge in [0, 0.05) is 31.0 Å². The number of hydrogen-bond acceptors (Lipinski definition) is 2. The number of carbonyl (C=O) groups is 1. The summed E-state index contributed by atoms with van der Waals surface area (Å²) in [6.07, 6.45) is 6.10. The van der Waals surface area contributed by atoms with Crippen molar-refractivity contribution in [3.63, 3.8) is 0 Å². The van der Waals surface area contributed by atoms with Gasteiger partial charge in [0.2, 0.25) is 0 Å². The van der Waals surface area contributed by atoms with Gasteiger partial charge in [-0.1, -0.05) is 12.1 Å². The SMILES string of the molecule is O=C(c1ccncc1)N1CCC(Cc2cccc(F)c2)CC1. The maximum Gasteiger partial charge on any atom is 0.253 e. The lowest BCUT2D eigenvalue weighted by Crippen LogP contribution is -2.38. The van der Waals surface area contributed by atoms with Crippen molar-refractivity contribution >= 4 is 5.91 Å². The van der Waals surface area contributed by atoms with Crippen LogP contribution in [0.3, 0.4) is 0 Å². The fraction of sp³-hybridized carbons (Fsp3) is 0.333. The summed E-state index contributed by atoms with van der Waals surface area (Å²) in [5.74, 6) is 0.415. The molecular weight excluding hydrogens is 279 g/mol. The number of carbonyl (C=O) groups excluding carboxylic acids is 1. The molecule has 0 spiro atoms. The second-order valence-electron chi connectivity index (χ2n) is 5.81. The van der Waals surface area contributed by atoms with Gasteiger partial charge in [-0.05, 0) is 55.0 Å². The fourth-order valence-corrected chi connectivity index (χ4v) is 3.01. The number of aromatic nitrogens is 1. The third-order valence-corrected chi connectivity index (χ3v) is 4.24. The van der Waals surface area contributed by atoms with E-state index in [4.69, 9.17) is 0 Å². The highest BCUT2D eigenvalue weighted by atomic mass is 19.1. The molecule has 3 nitrogen and oxygen atoms in total. The van der Waals surface area contributed by atoms with Crippen LogP contribution in [0.2, 0.25) is 0 Å². The number of pyridine rings is 1. The molecule has 1 fully saturated rings. The van der Waals surface area contributed by atoms with E-state index in [1.807, 2.05) is 11.0 Å². The fourth-order valence-electron chi connectivity index (χ4n) is 3.01. The number of nitrogens with zero attached hydrogens (tertiary/aromatic N) is 2. The number of amides is 1. The highest BCUT2D eigenvalue weighted by molar-refractivity contribution is 5.94. The molecule has 1 aliphatic heterocycles. The summed E-state index contributed by atoms with van der Waals surface area (Å²) in [5.41, 5.74) is 1.73. The van der Waals surface area contributed by atoms with Crippen molar-refractivity contribution in [3.05, 3.63) is 65.7 Å². The van der Waals surface area contributed by atoms with Crippen molar-refractivity contribution in [2.75, 3.05) is 13.1 Å². The van der Waals surface area contributed by atoms with Crippen LogP contribution in [0.4, 0.5) is 4.39 Å². The molecule has 22 heavy (non-hydrogen) atoms. The molecule has 0 N–H and O–H groups in total. The molecule has 1 aliphatic rings. The molecule has 2 heterocycles. The Morgan fingerprint density at radius 1 is 1.18 bits per heavy atom. The van der Waals surface area contributed by atoms with Crippen LogP contribution in [0.15, 0.2) is 48.8 Å². The van der Waals surface area contributed by atoms with Gasteiger partial charge >= 0.3 is 0 Å². The quantitative estimate of drug-likeness (QED) is 0.871. The van der Waals surface area contributed by atoms with Crippen LogP contribution >= 0.6 is 0 Å². The molecule has 1 aromatic heterocycles. The number of likely N-dealkylation sites (tertiary alicyclic amines) is 1. The predicted octanol–water partition coefficient (Wildman–Crippen LogP) is 3.32. The summed E-state index contributed by atoms with van der Waals surface area (Å²) in [6.45, 7) is 1.53. The van der Waals surface area contributed by atoms with E-state index in [0.29, 0.717) is 11.5 Å². The average Bonchev–Trinajstić information content (AvgIpc) is 2.56. The van der Waals surface area contributed by atoms with Crippen LogP contribution in [-0.4, -0.2) is 28.9 Å². The van der Waals surface area contributed by atoms with Crippen molar-refractivity contribution in [2.45, 2.75) is 19.3 Å². The molecule has 4 heteroatoms. The van der Waals surface area contributed by atoms with Gasteiger partial charge in [0.15, 0.2) is 0 Å². The van der Waals surface area contributed by atoms with E-state index in [-0.39, 0.29) is 11.7 Å². The molecule has 1 amide bonds. The van der Waals surface area contributed by atoms with Crippen LogP contribution in [0.5, 0.6) is 0 Å². The molecule has 2 aromatic rings. The smallest absolute Gasteiger partial charge is 0.253 e. The largest absolute Gasteiger partial charge is 0.339 e. The maximum absolute atomic E-state index is 13.2. The lowest BCUT2D eigenvalue weighted by molar-refractivity contribution is 0.0690.